The fraction of sp³-hybridized carbons (Fsp3) is 0.280. The van der Waals surface area contributed by atoms with E-state index in [1.807, 2.05) is 48.5 Å². The molecule has 0 unspecified atom stereocenters. The van der Waals surface area contributed by atoms with Crippen LogP contribution in [0.1, 0.15) is 11.1 Å². The summed E-state index contributed by atoms with van der Waals surface area (Å²) in [5.41, 5.74) is 4.06. The van der Waals surface area contributed by atoms with Gasteiger partial charge in [0, 0.05) is 34.8 Å². The van der Waals surface area contributed by atoms with Crippen LogP contribution in [0.4, 0.5) is 11.4 Å². The highest BCUT2D eigenvalue weighted by molar-refractivity contribution is 9.10. The van der Waals surface area contributed by atoms with Crippen LogP contribution in [0.3, 0.4) is 0 Å². The van der Waals surface area contributed by atoms with Crippen LogP contribution >= 0.6 is 39.1 Å². The summed E-state index contributed by atoms with van der Waals surface area (Å²) in [4.78, 5) is 2.25. The first-order chi connectivity index (χ1) is 16.0. The third-order valence-corrected chi connectivity index (χ3v) is 6.72. The normalized spacial score (nSPS) is 13.6. The Morgan fingerprint density at radius 2 is 1.76 bits per heavy atom. The van der Waals surface area contributed by atoms with E-state index >= 15 is 0 Å². The average Bonchev–Trinajstić information content (AvgIpc) is 2.83. The SMILES string of the molecule is COc1cc(CNc2ccc(N3CCOCC3)c(Cl)c2)c(Br)cc1OCc1ccc(Cl)cc1. The number of benzene rings is 3. The summed E-state index contributed by atoms with van der Waals surface area (Å²) in [5, 5.41) is 4.87. The number of anilines is 2. The van der Waals surface area contributed by atoms with E-state index in [0.29, 0.717) is 29.7 Å². The van der Waals surface area contributed by atoms with E-state index < -0.39 is 0 Å². The lowest BCUT2D eigenvalue weighted by Gasteiger charge is -2.29. The van der Waals surface area contributed by atoms with E-state index in [-0.39, 0.29) is 0 Å². The number of morpholine rings is 1. The lowest BCUT2D eigenvalue weighted by Crippen LogP contribution is -2.36. The number of nitrogens with one attached hydrogen (secondary N) is 1. The monoisotopic (exact) mass is 550 g/mol. The van der Waals surface area contributed by atoms with Gasteiger partial charge in [-0.05, 0) is 53.6 Å². The quantitative estimate of drug-likeness (QED) is 0.334. The molecule has 0 spiro atoms. The van der Waals surface area contributed by atoms with Gasteiger partial charge < -0.3 is 24.4 Å². The number of hydrogen-bond donors (Lipinski definition) is 1. The fourth-order valence-electron chi connectivity index (χ4n) is 3.60. The molecular formula is C25H25BrCl2N2O3. The van der Waals surface area contributed by atoms with Crippen molar-refractivity contribution in [1.82, 2.24) is 0 Å². The van der Waals surface area contributed by atoms with E-state index in [4.69, 9.17) is 37.4 Å². The molecule has 1 aliphatic heterocycles. The topological polar surface area (TPSA) is 43.0 Å². The summed E-state index contributed by atoms with van der Waals surface area (Å²) in [6, 6.07) is 17.5. The maximum absolute atomic E-state index is 6.56. The molecule has 0 aliphatic carbocycles. The van der Waals surface area contributed by atoms with Crippen LogP contribution in [0, 0.1) is 0 Å². The Morgan fingerprint density at radius 1 is 1.00 bits per heavy atom. The molecule has 3 aromatic rings. The second kappa shape index (κ2) is 11.3. The Hall–Kier alpha value is -2.12. The minimum absolute atomic E-state index is 0.422. The van der Waals surface area contributed by atoms with E-state index in [0.717, 1.165) is 58.3 Å². The molecule has 33 heavy (non-hydrogen) atoms. The first-order valence-electron chi connectivity index (χ1n) is 10.6. The van der Waals surface area contributed by atoms with Crippen molar-refractivity contribution in [1.29, 1.82) is 0 Å². The van der Waals surface area contributed by atoms with Crippen molar-refractivity contribution in [2.45, 2.75) is 13.2 Å². The van der Waals surface area contributed by atoms with Gasteiger partial charge >= 0.3 is 0 Å². The molecular weight excluding hydrogens is 527 g/mol. The number of methoxy groups -OCH3 is 1. The van der Waals surface area contributed by atoms with Crippen molar-refractivity contribution in [3.05, 3.63) is 80.2 Å². The summed E-state index contributed by atoms with van der Waals surface area (Å²) in [6.45, 7) is 4.18. The van der Waals surface area contributed by atoms with Gasteiger partial charge in [0.05, 0.1) is 31.0 Å². The summed E-state index contributed by atoms with van der Waals surface area (Å²) >= 11 is 16.2. The highest BCUT2D eigenvalue weighted by atomic mass is 79.9. The maximum Gasteiger partial charge on any atom is 0.162 e. The minimum atomic E-state index is 0.422. The molecule has 0 radical (unpaired) electrons. The van der Waals surface area contributed by atoms with E-state index in [1.54, 1.807) is 7.11 Å². The summed E-state index contributed by atoms with van der Waals surface area (Å²) in [6.07, 6.45) is 0. The zero-order chi connectivity index (χ0) is 23.2. The molecule has 0 aromatic heterocycles. The molecule has 8 heteroatoms. The van der Waals surface area contributed by atoms with Crippen LogP contribution in [0.25, 0.3) is 0 Å². The smallest absolute Gasteiger partial charge is 0.162 e. The van der Waals surface area contributed by atoms with Gasteiger partial charge in [0.15, 0.2) is 11.5 Å². The molecule has 1 fully saturated rings. The van der Waals surface area contributed by atoms with Gasteiger partial charge in [-0.25, -0.2) is 0 Å². The van der Waals surface area contributed by atoms with Gasteiger partial charge in [-0.1, -0.05) is 51.3 Å². The zero-order valence-corrected chi connectivity index (χ0v) is 21.3. The fourth-order valence-corrected chi connectivity index (χ4v) is 4.49. The number of ether oxygens (including phenoxy) is 3. The molecule has 1 heterocycles. The molecule has 3 aromatic carbocycles. The Labute approximate surface area is 212 Å². The first-order valence-corrected chi connectivity index (χ1v) is 12.2. The number of halogens is 3. The molecule has 5 nitrogen and oxygen atoms in total. The van der Waals surface area contributed by atoms with E-state index in [9.17, 15) is 0 Å². The number of rotatable bonds is 8. The molecule has 1 aliphatic rings. The van der Waals surface area contributed by atoms with Crippen LogP contribution in [0.15, 0.2) is 59.1 Å². The van der Waals surface area contributed by atoms with Crippen LogP contribution in [0.5, 0.6) is 11.5 Å². The van der Waals surface area contributed by atoms with Gasteiger partial charge in [-0.15, -0.1) is 0 Å². The Balaban J connectivity index is 1.41. The molecule has 4 rings (SSSR count). The van der Waals surface area contributed by atoms with Gasteiger partial charge in [-0.2, -0.15) is 0 Å². The largest absolute Gasteiger partial charge is 0.493 e. The van der Waals surface area contributed by atoms with E-state index in [2.05, 4.69) is 32.2 Å². The van der Waals surface area contributed by atoms with Crippen molar-refractivity contribution in [3.63, 3.8) is 0 Å². The molecule has 1 saturated heterocycles. The summed E-state index contributed by atoms with van der Waals surface area (Å²) in [7, 11) is 1.64. The molecule has 0 bridgehead atoms. The molecule has 174 valence electrons. The van der Waals surface area contributed by atoms with Crippen LogP contribution in [0.2, 0.25) is 10.0 Å². The van der Waals surface area contributed by atoms with Crippen LogP contribution < -0.4 is 19.7 Å². The predicted molar refractivity (Wildman–Crippen MR) is 138 cm³/mol. The third-order valence-electron chi connectivity index (χ3n) is 5.42. The molecule has 0 amide bonds. The lowest BCUT2D eigenvalue weighted by molar-refractivity contribution is 0.122. The summed E-state index contributed by atoms with van der Waals surface area (Å²) in [5.74, 6) is 1.34. The Morgan fingerprint density at radius 3 is 2.45 bits per heavy atom. The number of hydrogen-bond acceptors (Lipinski definition) is 5. The number of nitrogens with zero attached hydrogens (tertiary/aromatic N) is 1. The minimum Gasteiger partial charge on any atom is -0.493 e. The molecule has 1 N–H and O–H groups in total. The van der Waals surface area contributed by atoms with Crippen molar-refractivity contribution in [2.75, 3.05) is 43.6 Å². The predicted octanol–water partition coefficient (Wildman–Crippen LogP) is 6.79. The van der Waals surface area contributed by atoms with Gasteiger partial charge in [0.2, 0.25) is 0 Å². The highest BCUT2D eigenvalue weighted by Gasteiger charge is 2.15. The highest BCUT2D eigenvalue weighted by Crippen LogP contribution is 2.35. The molecule has 0 saturated carbocycles. The van der Waals surface area contributed by atoms with Crippen molar-refractivity contribution >= 4 is 50.5 Å². The van der Waals surface area contributed by atoms with Gasteiger partial charge in [0.1, 0.15) is 6.61 Å². The van der Waals surface area contributed by atoms with E-state index in [1.165, 1.54) is 0 Å². The maximum atomic E-state index is 6.56. The Kier molecular flexibility index (Phi) is 8.25. The molecule has 0 atom stereocenters. The van der Waals surface area contributed by atoms with Crippen molar-refractivity contribution < 1.29 is 14.2 Å². The third kappa shape index (κ3) is 6.27. The van der Waals surface area contributed by atoms with Crippen LogP contribution in [-0.4, -0.2) is 33.4 Å². The van der Waals surface area contributed by atoms with Crippen molar-refractivity contribution in [3.8, 4) is 11.5 Å². The standard InChI is InChI=1S/C25H25BrCl2N2O3/c1-31-24-12-18(21(26)14-25(24)33-16-17-2-4-19(27)5-3-17)15-29-20-6-7-23(22(28)13-20)30-8-10-32-11-9-30/h2-7,12-14,29H,8-11,15-16H2,1H3. The van der Waals surface area contributed by atoms with Gasteiger partial charge in [0.25, 0.3) is 0 Å². The first kappa shape index (κ1) is 24.0. The average molecular weight is 552 g/mol. The summed E-state index contributed by atoms with van der Waals surface area (Å²) < 4.78 is 17.9. The lowest BCUT2D eigenvalue weighted by atomic mass is 10.2. The zero-order valence-electron chi connectivity index (χ0n) is 18.2. The second-order valence-electron chi connectivity index (χ2n) is 7.63. The van der Waals surface area contributed by atoms with Gasteiger partial charge in [-0.3, -0.25) is 0 Å². The van der Waals surface area contributed by atoms with Crippen molar-refractivity contribution in [2.24, 2.45) is 0 Å². The Bertz CT molecular complexity index is 1090. The second-order valence-corrected chi connectivity index (χ2v) is 9.33. The van der Waals surface area contributed by atoms with Crippen LogP contribution in [-0.2, 0) is 17.9 Å².